The lowest BCUT2D eigenvalue weighted by Crippen LogP contribution is -2.48. The lowest BCUT2D eigenvalue weighted by atomic mass is 10.0. The number of aromatic nitrogens is 2. The Kier molecular flexibility index (Phi) is 10.9. The Morgan fingerprint density at radius 3 is 2.42 bits per heavy atom. The summed E-state index contributed by atoms with van der Waals surface area (Å²) < 4.78 is 16.6. The highest BCUT2D eigenvalue weighted by molar-refractivity contribution is 5.97. The van der Waals surface area contributed by atoms with Gasteiger partial charge in [-0.3, -0.25) is 24.0 Å². The van der Waals surface area contributed by atoms with Crippen molar-refractivity contribution in [3.63, 3.8) is 0 Å². The molecule has 0 saturated carbocycles. The highest BCUT2D eigenvalue weighted by Crippen LogP contribution is 2.25. The summed E-state index contributed by atoms with van der Waals surface area (Å²) >= 11 is 0. The number of carbonyl (C=O) groups excluding carboxylic acids is 5. The largest absolute Gasteiger partial charge is 0.446 e. The molecule has 4 heterocycles. The number of carbonyl (C=O) groups is 5. The molecule has 5 rings (SSSR count). The van der Waals surface area contributed by atoms with Gasteiger partial charge in [0.15, 0.2) is 11.4 Å². The van der Waals surface area contributed by atoms with Crippen LogP contribution in [0.2, 0.25) is 0 Å². The molecular formula is C33H41N7O8. The molecule has 0 spiro atoms. The van der Waals surface area contributed by atoms with E-state index in [1.165, 1.54) is 17.4 Å². The first-order valence-electron chi connectivity index (χ1n) is 16.1. The van der Waals surface area contributed by atoms with Crippen LogP contribution < -0.4 is 21.3 Å². The van der Waals surface area contributed by atoms with Crippen molar-refractivity contribution in [3.8, 4) is 0 Å². The molecule has 1 fully saturated rings. The average molecular weight is 664 g/mol. The molecule has 3 aromatic rings. The molecule has 1 saturated heterocycles. The van der Waals surface area contributed by atoms with Crippen LogP contribution in [0.3, 0.4) is 0 Å². The number of benzene rings is 1. The number of hydrogen-bond acceptors (Lipinski definition) is 10. The van der Waals surface area contributed by atoms with Gasteiger partial charge in [-0.25, -0.2) is 9.97 Å². The fourth-order valence-electron chi connectivity index (χ4n) is 5.79. The van der Waals surface area contributed by atoms with Crippen LogP contribution in [0, 0.1) is 5.92 Å². The van der Waals surface area contributed by atoms with Gasteiger partial charge in [-0.2, -0.15) is 0 Å². The Hall–Kier alpha value is -5.05. The van der Waals surface area contributed by atoms with Gasteiger partial charge in [-0.15, -0.1) is 0 Å². The Morgan fingerprint density at radius 2 is 1.69 bits per heavy atom. The minimum Gasteiger partial charge on any atom is -0.446 e. The fourth-order valence-corrected chi connectivity index (χ4v) is 5.79. The predicted octanol–water partition coefficient (Wildman–Crippen LogP) is 1.83. The summed E-state index contributed by atoms with van der Waals surface area (Å²) in [4.78, 5) is 77.2. The SMILES string of the molecule is CCOCC(=O)N[C@H]1C[C@H]2C(=O)N[C@@H](Cc3ccccc3)c3nc(co3)C(=O)N[C@H](CC(C)C)C(=O)N[C@H](C)c3nc(co3)C(=O)N2C1. The second-order valence-electron chi connectivity index (χ2n) is 12.4. The van der Waals surface area contributed by atoms with Crippen LogP contribution in [0.1, 0.15) is 90.9 Å². The molecule has 2 aliphatic rings. The van der Waals surface area contributed by atoms with Crippen molar-refractivity contribution in [1.82, 2.24) is 36.1 Å². The van der Waals surface area contributed by atoms with E-state index >= 15 is 0 Å². The molecule has 15 heteroatoms. The fraction of sp³-hybridized carbons (Fsp3) is 0.485. The van der Waals surface area contributed by atoms with Crippen LogP contribution >= 0.6 is 0 Å². The van der Waals surface area contributed by atoms with E-state index in [-0.39, 0.29) is 61.0 Å². The van der Waals surface area contributed by atoms with Gasteiger partial charge < -0.3 is 39.7 Å². The Bertz CT molecular complexity index is 1620. The second-order valence-corrected chi connectivity index (χ2v) is 12.4. The smallest absolute Gasteiger partial charge is 0.276 e. The van der Waals surface area contributed by atoms with E-state index in [1.54, 1.807) is 13.8 Å². The molecule has 4 bridgehead atoms. The summed E-state index contributed by atoms with van der Waals surface area (Å²) in [7, 11) is 0. The zero-order valence-corrected chi connectivity index (χ0v) is 27.4. The number of rotatable bonds is 8. The third-order valence-electron chi connectivity index (χ3n) is 8.12. The first-order valence-corrected chi connectivity index (χ1v) is 16.1. The molecular weight excluding hydrogens is 622 g/mol. The molecule has 15 nitrogen and oxygen atoms in total. The number of nitrogens with one attached hydrogen (secondary N) is 4. The first-order chi connectivity index (χ1) is 23.0. The number of fused-ring (bicyclic) bond motifs is 5. The summed E-state index contributed by atoms with van der Waals surface area (Å²) in [6.07, 6.45) is 3.05. The molecule has 4 N–H and O–H groups in total. The molecule has 5 atom stereocenters. The number of amides is 5. The van der Waals surface area contributed by atoms with E-state index in [0.29, 0.717) is 13.0 Å². The minimum absolute atomic E-state index is 0.0207. The van der Waals surface area contributed by atoms with Crippen LogP contribution in [0.5, 0.6) is 0 Å². The maximum atomic E-state index is 14.0. The quantitative estimate of drug-likeness (QED) is 0.276. The second kappa shape index (κ2) is 15.2. The van der Waals surface area contributed by atoms with Gasteiger partial charge in [0.1, 0.15) is 43.3 Å². The standard InChI is InChI=1S/C33H41N7O8/c1-5-46-17-27(41)35-21-13-26-30(44)37-23(12-20-9-7-6-8-10-20)32-38-24(15-48-32)29(43)36-22(11-18(2)3)28(42)34-19(4)31-39-25(16-47-31)33(45)40(26)14-21/h6-10,15-16,18-19,21-23,26H,5,11-14,17H2,1-4H3,(H,34,42)(H,35,41)(H,36,43)(H,37,44)/t19-,21+,22-,23+,26+/m1/s1. The summed E-state index contributed by atoms with van der Waals surface area (Å²) in [5, 5.41) is 11.4. The van der Waals surface area contributed by atoms with Crippen molar-refractivity contribution in [2.24, 2.45) is 5.92 Å². The average Bonchev–Trinajstić information content (AvgIpc) is 3.83. The normalized spacial score (nSPS) is 23.5. The van der Waals surface area contributed by atoms with Crippen LogP contribution in [0.15, 0.2) is 51.7 Å². The Balaban J connectivity index is 1.51. The molecule has 2 aromatic heterocycles. The van der Waals surface area contributed by atoms with Crippen molar-refractivity contribution in [1.29, 1.82) is 0 Å². The number of nitrogens with zero attached hydrogens (tertiary/aromatic N) is 3. The summed E-state index contributed by atoms with van der Waals surface area (Å²) in [5.74, 6) is -2.39. The topological polar surface area (TPSA) is 198 Å². The van der Waals surface area contributed by atoms with E-state index in [2.05, 4.69) is 31.2 Å². The van der Waals surface area contributed by atoms with E-state index in [1.807, 2.05) is 44.2 Å². The molecule has 0 aliphatic carbocycles. The van der Waals surface area contributed by atoms with Gasteiger partial charge in [0, 0.05) is 25.6 Å². The van der Waals surface area contributed by atoms with E-state index in [9.17, 15) is 24.0 Å². The van der Waals surface area contributed by atoms with Crippen LogP contribution in [0.25, 0.3) is 0 Å². The predicted molar refractivity (Wildman–Crippen MR) is 169 cm³/mol. The van der Waals surface area contributed by atoms with Crippen LogP contribution in [-0.2, 0) is 25.5 Å². The van der Waals surface area contributed by atoms with Crippen LogP contribution in [0.4, 0.5) is 0 Å². The molecule has 2 aliphatic heterocycles. The van der Waals surface area contributed by atoms with E-state index in [4.69, 9.17) is 13.6 Å². The summed E-state index contributed by atoms with van der Waals surface area (Å²) in [6, 6.07) is 5.24. The highest BCUT2D eigenvalue weighted by atomic mass is 16.5. The molecule has 0 unspecified atom stereocenters. The van der Waals surface area contributed by atoms with Gasteiger partial charge in [-0.05, 0) is 38.2 Å². The zero-order chi connectivity index (χ0) is 34.4. The third-order valence-corrected chi connectivity index (χ3v) is 8.12. The lowest BCUT2D eigenvalue weighted by Gasteiger charge is -2.25. The number of ether oxygens (including phenoxy) is 1. The van der Waals surface area contributed by atoms with Gasteiger partial charge >= 0.3 is 0 Å². The lowest BCUT2D eigenvalue weighted by molar-refractivity contribution is -0.127. The maximum Gasteiger partial charge on any atom is 0.276 e. The maximum absolute atomic E-state index is 14.0. The third kappa shape index (κ3) is 8.26. The monoisotopic (exact) mass is 663 g/mol. The molecule has 48 heavy (non-hydrogen) atoms. The van der Waals surface area contributed by atoms with Gasteiger partial charge in [0.25, 0.3) is 11.8 Å². The summed E-state index contributed by atoms with van der Waals surface area (Å²) in [6.45, 7) is 7.46. The first kappa shape index (κ1) is 34.3. The Labute approximate surface area is 277 Å². The molecule has 5 amide bonds. The van der Waals surface area contributed by atoms with Crippen molar-refractivity contribution in [2.75, 3.05) is 19.8 Å². The highest BCUT2D eigenvalue weighted by Gasteiger charge is 2.42. The van der Waals surface area contributed by atoms with Gasteiger partial charge in [0.05, 0.1) is 0 Å². The van der Waals surface area contributed by atoms with E-state index < -0.39 is 53.8 Å². The van der Waals surface area contributed by atoms with Gasteiger partial charge in [0.2, 0.25) is 29.5 Å². The van der Waals surface area contributed by atoms with Crippen molar-refractivity contribution < 1.29 is 37.5 Å². The molecule has 256 valence electrons. The Morgan fingerprint density at radius 1 is 0.979 bits per heavy atom. The number of hydrogen-bond donors (Lipinski definition) is 4. The van der Waals surface area contributed by atoms with Gasteiger partial charge in [-0.1, -0.05) is 44.2 Å². The summed E-state index contributed by atoms with van der Waals surface area (Å²) in [5.41, 5.74) is 0.712. The molecule has 1 aromatic carbocycles. The van der Waals surface area contributed by atoms with Crippen molar-refractivity contribution in [3.05, 3.63) is 71.6 Å². The minimum atomic E-state index is -1.01. The molecule has 0 radical (unpaired) electrons. The number of oxazole rings is 2. The van der Waals surface area contributed by atoms with Crippen molar-refractivity contribution in [2.45, 2.75) is 77.2 Å². The van der Waals surface area contributed by atoms with Crippen LogP contribution in [-0.4, -0.2) is 82.3 Å². The van der Waals surface area contributed by atoms with E-state index in [0.717, 1.165) is 5.56 Å². The zero-order valence-electron chi connectivity index (χ0n) is 27.4. The van der Waals surface area contributed by atoms with Crippen molar-refractivity contribution >= 4 is 29.5 Å².